The van der Waals surface area contributed by atoms with Gasteiger partial charge in [0.25, 0.3) is 0 Å². The molecule has 0 saturated carbocycles. The monoisotopic (exact) mass is 252 g/mol. The summed E-state index contributed by atoms with van der Waals surface area (Å²) in [5.74, 6) is 0. The summed E-state index contributed by atoms with van der Waals surface area (Å²) in [6.07, 6.45) is 1.84. The lowest BCUT2D eigenvalue weighted by Crippen LogP contribution is -1.96. The smallest absolute Gasteiger partial charge is 0.100 e. The predicted molar refractivity (Wildman–Crippen MR) is 76.5 cm³/mol. The molecule has 0 fully saturated rings. The van der Waals surface area contributed by atoms with Crippen LogP contribution in [0.3, 0.4) is 0 Å². The summed E-state index contributed by atoms with van der Waals surface area (Å²) < 4.78 is 2.07. The number of aliphatic hydroxyl groups excluding tert-OH is 1. The second kappa shape index (κ2) is 4.52. The van der Waals surface area contributed by atoms with Crippen LogP contribution in [0.4, 0.5) is 0 Å². The van der Waals surface area contributed by atoms with E-state index in [1.165, 1.54) is 11.1 Å². The Morgan fingerprint density at radius 3 is 2.68 bits per heavy atom. The molecule has 3 rings (SSSR count). The van der Waals surface area contributed by atoms with Gasteiger partial charge in [0.1, 0.15) is 6.33 Å². The summed E-state index contributed by atoms with van der Waals surface area (Å²) in [6, 6.07) is 12.2. The molecule has 0 saturated heterocycles. The third-order valence-corrected chi connectivity index (χ3v) is 3.41. The molecule has 0 unspecified atom stereocenters. The van der Waals surface area contributed by atoms with Crippen molar-refractivity contribution < 1.29 is 5.11 Å². The number of aliphatic hydroxyl groups is 1. The minimum atomic E-state index is 0.0496. The molecule has 19 heavy (non-hydrogen) atoms. The van der Waals surface area contributed by atoms with Gasteiger partial charge < -0.3 is 5.11 Å². The van der Waals surface area contributed by atoms with Gasteiger partial charge in [-0.05, 0) is 43.2 Å². The fourth-order valence-corrected chi connectivity index (χ4v) is 2.42. The van der Waals surface area contributed by atoms with E-state index in [1.54, 1.807) is 0 Å². The number of hydrogen-bond donors (Lipinski definition) is 1. The van der Waals surface area contributed by atoms with E-state index >= 15 is 0 Å². The summed E-state index contributed by atoms with van der Waals surface area (Å²) in [6.45, 7) is 4.24. The fourth-order valence-electron chi connectivity index (χ4n) is 2.42. The van der Waals surface area contributed by atoms with E-state index in [1.807, 2.05) is 24.5 Å². The van der Waals surface area contributed by atoms with Crippen LogP contribution in [0.1, 0.15) is 16.7 Å². The number of aromatic nitrogens is 2. The van der Waals surface area contributed by atoms with Crippen molar-refractivity contribution in [1.29, 1.82) is 0 Å². The maximum atomic E-state index is 9.26. The zero-order valence-corrected chi connectivity index (χ0v) is 11.1. The molecule has 0 aliphatic rings. The molecule has 0 amide bonds. The van der Waals surface area contributed by atoms with Gasteiger partial charge in [-0.1, -0.05) is 23.8 Å². The zero-order valence-electron chi connectivity index (χ0n) is 11.1. The SMILES string of the molecule is Cc1ccc(-n2cnc3ccc(CO)cc32)c(C)c1. The Labute approximate surface area is 112 Å². The third kappa shape index (κ3) is 2.02. The van der Waals surface area contributed by atoms with Crippen molar-refractivity contribution in [2.75, 3.05) is 0 Å². The van der Waals surface area contributed by atoms with Crippen LogP contribution >= 0.6 is 0 Å². The molecule has 96 valence electrons. The molecule has 3 heteroatoms. The lowest BCUT2D eigenvalue weighted by molar-refractivity contribution is 0.282. The first kappa shape index (κ1) is 11.9. The highest BCUT2D eigenvalue weighted by molar-refractivity contribution is 5.78. The molecule has 0 aliphatic heterocycles. The first-order valence-electron chi connectivity index (χ1n) is 6.33. The lowest BCUT2D eigenvalue weighted by Gasteiger charge is -2.09. The van der Waals surface area contributed by atoms with Gasteiger partial charge in [0, 0.05) is 0 Å². The average molecular weight is 252 g/mol. The number of hydrogen-bond acceptors (Lipinski definition) is 2. The van der Waals surface area contributed by atoms with E-state index in [-0.39, 0.29) is 6.61 Å². The normalized spacial score (nSPS) is 11.1. The topological polar surface area (TPSA) is 38.0 Å². The number of fused-ring (bicyclic) bond motifs is 1. The van der Waals surface area contributed by atoms with Crippen molar-refractivity contribution in [1.82, 2.24) is 9.55 Å². The molecule has 0 atom stereocenters. The number of imidazole rings is 1. The zero-order chi connectivity index (χ0) is 13.4. The molecule has 3 aromatic rings. The first-order chi connectivity index (χ1) is 9.19. The Hall–Kier alpha value is -2.13. The highest BCUT2D eigenvalue weighted by atomic mass is 16.3. The van der Waals surface area contributed by atoms with Crippen molar-refractivity contribution in [2.45, 2.75) is 20.5 Å². The van der Waals surface area contributed by atoms with Gasteiger partial charge in [-0.15, -0.1) is 0 Å². The maximum Gasteiger partial charge on any atom is 0.100 e. The molecular weight excluding hydrogens is 236 g/mol. The summed E-state index contributed by atoms with van der Waals surface area (Å²) in [5, 5.41) is 9.26. The van der Waals surface area contributed by atoms with Crippen LogP contribution in [0, 0.1) is 13.8 Å². The van der Waals surface area contributed by atoms with E-state index < -0.39 is 0 Å². The molecule has 0 aliphatic carbocycles. The lowest BCUT2D eigenvalue weighted by atomic mass is 10.1. The van der Waals surface area contributed by atoms with E-state index in [0.29, 0.717) is 0 Å². The molecule has 2 aromatic carbocycles. The van der Waals surface area contributed by atoms with Crippen LogP contribution in [0.25, 0.3) is 16.7 Å². The van der Waals surface area contributed by atoms with Crippen LogP contribution < -0.4 is 0 Å². The second-order valence-corrected chi connectivity index (χ2v) is 4.89. The maximum absolute atomic E-state index is 9.26. The van der Waals surface area contributed by atoms with Crippen LogP contribution in [-0.2, 0) is 6.61 Å². The fraction of sp³-hybridized carbons (Fsp3) is 0.188. The molecule has 0 spiro atoms. The molecule has 1 heterocycles. The van der Waals surface area contributed by atoms with Crippen LogP contribution in [0.15, 0.2) is 42.7 Å². The minimum absolute atomic E-state index is 0.0496. The van der Waals surface area contributed by atoms with Crippen molar-refractivity contribution in [3.05, 3.63) is 59.4 Å². The Morgan fingerprint density at radius 2 is 1.95 bits per heavy atom. The summed E-state index contributed by atoms with van der Waals surface area (Å²) >= 11 is 0. The predicted octanol–water partition coefficient (Wildman–Crippen LogP) is 3.13. The summed E-state index contributed by atoms with van der Waals surface area (Å²) in [7, 11) is 0. The number of nitrogens with zero attached hydrogens (tertiary/aromatic N) is 2. The molecule has 0 radical (unpaired) electrons. The van der Waals surface area contributed by atoms with Gasteiger partial charge >= 0.3 is 0 Å². The van der Waals surface area contributed by atoms with Crippen LogP contribution in [0.5, 0.6) is 0 Å². The molecule has 0 bridgehead atoms. The van der Waals surface area contributed by atoms with E-state index in [2.05, 4.69) is 41.6 Å². The standard InChI is InChI=1S/C16H16N2O/c1-11-3-6-15(12(2)7-11)18-10-17-14-5-4-13(9-19)8-16(14)18/h3-8,10,19H,9H2,1-2H3. The van der Waals surface area contributed by atoms with Gasteiger partial charge in [0.15, 0.2) is 0 Å². The van der Waals surface area contributed by atoms with Gasteiger partial charge in [-0.2, -0.15) is 0 Å². The Bertz CT molecular complexity index is 744. The Kier molecular flexibility index (Phi) is 2.84. The van der Waals surface area contributed by atoms with Crippen molar-refractivity contribution in [2.24, 2.45) is 0 Å². The molecular formula is C16H16N2O. The Balaban J connectivity index is 2.24. The highest BCUT2D eigenvalue weighted by Crippen LogP contribution is 2.22. The third-order valence-electron chi connectivity index (χ3n) is 3.41. The Morgan fingerprint density at radius 1 is 1.11 bits per heavy atom. The number of rotatable bonds is 2. The molecule has 1 aromatic heterocycles. The first-order valence-corrected chi connectivity index (χ1v) is 6.33. The summed E-state index contributed by atoms with van der Waals surface area (Å²) in [5.41, 5.74) is 6.47. The van der Waals surface area contributed by atoms with Gasteiger partial charge in [-0.25, -0.2) is 4.98 Å². The number of benzene rings is 2. The minimum Gasteiger partial charge on any atom is -0.392 e. The van der Waals surface area contributed by atoms with Crippen LogP contribution in [0.2, 0.25) is 0 Å². The van der Waals surface area contributed by atoms with Crippen molar-refractivity contribution >= 4 is 11.0 Å². The van der Waals surface area contributed by atoms with E-state index in [0.717, 1.165) is 22.3 Å². The largest absolute Gasteiger partial charge is 0.392 e. The summed E-state index contributed by atoms with van der Waals surface area (Å²) in [4.78, 5) is 4.42. The molecule has 1 N–H and O–H groups in total. The van der Waals surface area contributed by atoms with Gasteiger partial charge in [0.2, 0.25) is 0 Å². The van der Waals surface area contributed by atoms with Gasteiger partial charge in [-0.3, -0.25) is 4.57 Å². The van der Waals surface area contributed by atoms with Crippen molar-refractivity contribution in [3.8, 4) is 5.69 Å². The average Bonchev–Trinajstić information content (AvgIpc) is 2.81. The molecule has 3 nitrogen and oxygen atoms in total. The second-order valence-electron chi connectivity index (χ2n) is 4.89. The highest BCUT2D eigenvalue weighted by Gasteiger charge is 2.07. The van der Waals surface area contributed by atoms with E-state index in [4.69, 9.17) is 0 Å². The number of aryl methyl sites for hydroxylation is 2. The van der Waals surface area contributed by atoms with Crippen molar-refractivity contribution in [3.63, 3.8) is 0 Å². The quantitative estimate of drug-likeness (QED) is 0.761. The van der Waals surface area contributed by atoms with Gasteiger partial charge in [0.05, 0.1) is 23.3 Å². The van der Waals surface area contributed by atoms with E-state index in [9.17, 15) is 5.11 Å². The van der Waals surface area contributed by atoms with Crippen LogP contribution in [-0.4, -0.2) is 14.7 Å².